The van der Waals surface area contributed by atoms with Crippen LogP contribution in [0.2, 0.25) is 0 Å². The van der Waals surface area contributed by atoms with E-state index >= 15 is 0 Å². The lowest BCUT2D eigenvalue weighted by Crippen LogP contribution is -1.90. The van der Waals surface area contributed by atoms with E-state index in [1.807, 2.05) is 41.7 Å². The molecule has 3 nitrogen and oxygen atoms in total. The number of oxazole rings is 1. The van der Waals surface area contributed by atoms with Gasteiger partial charge in [0.05, 0.1) is 4.88 Å². The Hall–Kier alpha value is -8.61. The van der Waals surface area contributed by atoms with Crippen LogP contribution in [0.4, 0.5) is 0 Å². The first-order valence-electron chi connectivity index (χ1n) is 23.4. The van der Waals surface area contributed by atoms with Gasteiger partial charge in [-0.1, -0.05) is 218 Å². The second-order valence-corrected chi connectivity index (χ2v) is 19.4. The van der Waals surface area contributed by atoms with E-state index in [2.05, 4.69) is 212 Å². The number of rotatable bonds is 10. The van der Waals surface area contributed by atoms with Crippen LogP contribution in [0.25, 0.3) is 131 Å². The zero-order valence-electron chi connectivity index (χ0n) is 37.8. The van der Waals surface area contributed by atoms with Gasteiger partial charge in [0.1, 0.15) is 17.7 Å². The summed E-state index contributed by atoms with van der Waals surface area (Å²) in [4.78, 5) is 9.91. The molecular weight excluding hydrogens is 891 g/mol. The first-order chi connectivity index (χ1) is 34.7. The van der Waals surface area contributed by atoms with E-state index in [-0.39, 0.29) is 0 Å². The Morgan fingerprint density at radius 3 is 1.40 bits per heavy atom. The van der Waals surface area contributed by atoms with Crippen LogP contribution in [0.5, 0.6) is 0 Å². The van der Waals surface area contributed by atoms with Crippen molar-refractivity contribution < 1.29 is 8.83 Å². The first kappa shape index (κ1) is 41.6. The monoisotopic (exact) mass is 931 g/mol. The summed E-state index contributed by atoms with van der Waals surface area (Å²) in [6.07, 6.45) is 1.80. The summed E-state index contributed by atoms with van der Waals surface area (Å²) in [5.74, 6) is 2.31. The Morgan fingerprint density at radius 2 is 0.771 bits per heavy atom. The highest BCUT2D eigenvalue weighted by molar-refractivity contribution is 7.21. The summed E-state index contributed by atoms with van der Waals surface area (Å²) in [7, 11) is 0. The number of thiophene rings is 2. The van der Waals surface area contributed by atoms with E-state index in [1.54, 1.807) is 17.6 Å². The molecule has 5 heteroatoms. The molecule has 4 heterocycles. The Kier molecular flexibility index (Phi) is 10.6. The minimum Gasteiger partial charge on any atom is -0.455 e. The van der Waals surface area contributed by atoms with Crippen molar-refractivity contribution in [2.24, 2.45) is 0 Å². The molecule has 0 radical (unpaired) electrons. The molecule has 70 heavy (non-hydrogen) atoms. The van der Waals surface area contributed by atoms with Crippen LogP contribution in [0.15, 0.2) is 258 Å². The summed E-state index contributed by atoms with van der Waals surface area (Å²) in [5.41, 5.74) is 14.0. The molecule has 0 aliphatic rings. The zero-order chi connectivity index (χ0) is 46.4. The average Bonchev–Trinajstić information content (AvgIpc) is 4.27. The fraction of sp³-hybridized carbons (Fsp3) is 0. The minimum atomic E-state index is 0.596. The number of benzene rings is 9. The number of aromatic nitrogens is 1. The topological polar surface area (TPSA) is 39.2 Å². The zero-order valence-corrected chi connectivity index (χ0v) is 39.4. The molecule has 0 saturated heterocycles. The molecule has 0 saturated carbocycles. The van der Waals surface area contributed by atoms with Gasteiger partial charge in [0.15, 0.2) is 5.76 Å². The highest BCUT2D eigenvalue weighted by Crippen LogP contribution is 2.51. The molecule has 0 aliphatic heterocycles. The highest BCUT2D eigenvalue weighted by atomic mass is 32.1. The molecule has 0 aliphatic carbocycles. The van der Waals surface area contributed by atoms with Gasteiger partial charge >= 0.3 is 0 Å². The normalized spacial score (nSPS) is 11.4. The fourth-order valence-corrected chi connectivity index (χ4v) is 12.4. The maximum absolute atomic E-state index is 7.06. The Morgan fingerprint density at radius 1 is 0.314 bits per heavy atom. The maximum atomic E-state index is 7.06. The van der Waals surface area contributed by atoms with E-state index in [4.69, 9.17) is 13.8 Å². The standard InChI is InChI=1S/C65H41NO2S2/c1-5-19-43(20-6-1)56-40-58(68-60(56)64-54-32-16-14-30-52(54)62(70-64)46-23-9-3-10-24-46)49-28-17-27-48(39-49)42-35-37-44(38-36-42)50-33-18-34-55(57-41-67-65(66-57)47-25-11-4-12-26-47)59(50)63-53-31-15-13-29-51(53)61(69-63)45-21-7-2-8-22-45/h1-41H. The van der Waals surface area contributed by atoms with Crippen LogP contribution in [0, 0.1) is 0 Å². The first-order valence-corrected chi connectivity index (χ1v) is 25.0. The van der Waals surface area contributed by atoms with Crippen molar-refractivity contribution in [1.82, 2.24) is 4.98 Å². The molecule has 0 bridgehead atoms. The van der Waals surface area contributed by atoms with Gasteiger partial charge in [-0.15, -0.1) is 22.7 Å². The van der Waals surface area contributed by atoms with Crippen molar-refractivity contribution in [2.45, 2.75) is 0 Å². The van der Waals surface area contributed by atoms with Crippen molar-refractivity contribution in [1.29, 1.82) is 0 Å². The average molecular weight is 932 g/mol. The van der Waals surface area contributed by atoms with Crippen molar-refractivity contribution in [3.05, 3.63) is 249 Å². The lowest BCUT2D eigenvalue weighted by atomic mass is 9.90. The SMILES string of the molecule is c1ccc(-c2nc(-c3cccc(-c4ccc(-c5cccc(-c6cc(-c7ccccc7)c(-c7sc(-c8ccccc8)c8ccccc78)o6)c5)cc4)c3-c3sc(-c4ccccc4)c4ccccc34)co2)cc1. The Bertz CT molecular complexity index is 3980. The third kappa shape index (κ3) is 7.49. The van der Waals surface area contributed by atoms with Crippen LogP contribution in [-0.2, 0) is 0 Å². The van der Waals surface area contributed by atoms with E-state index < -0.39 is 0 Å². The second-order valence-electron chi connectivity index (χ2n) is 17.4. The van der Waals surface area contributed by atoms with Gasteiger partial charge in [0, 0.05) is 64.0 Å². The van der Waals surface area contributed by atoms with Gasteiger partial charge in [0.2, 0.25) is 5.89 Å². The van der Waals surface area contributed by atoms with Gasteiger partial charge in [-0.05, 0) is 63.2 Å². The smallest absolute Gasteiger partial charge is 0.226 e. The lowest BCUT2D eigenvalue weighted by Gasteiger charge is -2.14. The van der Waals surface area contributed by atoms with E-state index in [0.29, 0.717) is 5.89 Å². The molecule has 13 rings (SSSR count). The van der Waals surface area contributed by atoms with Gasteiger partial charge in [-0.2, -0.15) is 0 Å². The molecule has 0 atom stereocenters. The van der Waals surface area contributed by atoms with Crippen molar-refractivity contribution in [3.63, 3.8) is 0 Å². The summed E-state index contributed by atoms with van der Waals surface area (Å²) < 4.78 is 13.2. The van der Waals surface area contributed by atoms with Gasteiger partial charge < -0.3 is 8.83 Å². The predicted molar refractivity (Wildman–Crippen MR) is 294 cm³/mol. The second kappa shape index (κ2) is 17.8. The number of nitrogens with zero attached hydrogens (tertiary/aromatic N) is 1. The summed E-state index contributed by atoms with van der Waals surface area (Å²) >= 11 is 3.63. The molecular formula is C65H41NO2S2. The van der Waals surface area contributed by atoms with Gasteiger partial charge in [-0.25, -0.2) is 4.98 Å². The molecule has 9 aromatic carbocycles. The third-order valence-electron chi connectivity index (χ3n) is 13.1. The van der Waals surface area contributed by atoms with Gasteiger partial charge in [0.25, 0.3) is 0 Å². The lowest BCUT2D eigenvalue weighted by molar-refractivity contribution is 0.575. The quantitative estimate of drug-likeness (QED) is 0.137. The van der Waals surface area contributed by atoms with Crippen molar-refractivity contribution in [2.75, 3.05) is 0 Å². The van der Waals surface area contributed by atoms with Crippen LogP contribution in [-0.4, -0.2) is 4.98 Å². The number of furan rings is 1. The number of hydrogen-bond acceptors (Lipinski definition) is 5. The third-order valence-corrected chi connectivity index (χ3v) is 15.7. The molecule has 0 N–H and O–H groups in total. The van der Waals surface area contributed by atoms with Crippen LogP contribution in [0.1, 0.15) is 0 Å². The summed E-state index contributed by atoms with van der Waals surface area (Å²) in [6, 6.07) is 86.0. The van der Waals surface area contributed by atoms with Crippen LogP contribution >= 0.6 is 22.7 Å². The molecule has 0 unspecified atom stereocenters. The Balaban J connectivity index is 0.909. The number of fused-ring (bicyclic) bond motifs is 2. The van der Waals surface area contributed by atoms with Crippen LogP contribution < -0.4 is 0 Å². The molecule has 13 aromatic rings. The molecule has 0 amide bonds. The minimum absolute atomic E-state index is 0.596. The van der Waals surface area contributed by atoms with Crippen molar-refractivity contribution >= 4 is 44.2 Å². The molecule has 0 fully saturated rings. The van der Waals surface area contributed by atoms with E-state index in [9.17, 15) is 0 Å². The van der Waals surface area contributed by atoms with E-state index in [1.165, 1.54) is 47.3 Å². The highest BCUT2D eigenvalue weighted by Gasteiger charge is 2.25. The van der Waals surface area contributed by atoms with E-state index in [0.717, 1.165) is 77.7 Å². The summed E-state index contributed by atoms with van der Waals surface area (Å²) in [6.45, 7) is 0. The largest absolute Gasteiger partial charge is 0.455 e. The Labute approximate surface area is 413 Å². The number of hydrogen-bond donors (Lipinski definition) is 0. The fourth-order valence-electron chi connectivity index (χ4n) is 9.73. The van der Waals surface area contributed by atoms with Gasteiger partial charge in [-0.3, -0.25) is 0 Å². The maximum Gasteiger partial charge on any atom is 0.226 e. The van der Waals surface area contributed by atoms with Crippen LogP contribution in [0.3, 0.4) is 0 Å². The molecule has 0 spiro atoms. The molecule has 4 aromatic heterocycles. The summed E-state index contributed by atoms with van der Waals surface area (Å²) in [5, 5.41) is 4.86. The van der Waals surface area contributed by atoms with Crippen molar-refractivity contribution in [3.8, 4) is 109 Å². The predicted octanol–water partition coefficient (Wildman–Crippen LogP) is 19.4. The molecule has 330 valence electrons.